The highest BCUT2D eigenvalue weighted by atomic mass is 32.2. The third-order valence-corrected chi connectivity index (χ3v) is 9.86. The van der Waals surface area contributed by atoms with Crippen LogP contribution >= 0.6 is 0 Å². The van der Waals surface area contributed by atoms with Crippen LogP contribution in [0, 0.1) is 6.92 Å². The standard InChI is InChI=1S/C37H47NO7S/c1-27-32(10-9-11-35(27)43-3)34-18-14-29-26-31(42-2)17-19-33(29)36(34)37(45-23-7-8-25-46(39,40)41)28-12-15-30(16-13-28)44-24-22-38-20-5-4-6-21-38/h9-13,15-17,19,26,37H,4-8,14,18,20-25H2,1-3H3,(H,39,40,41). The maximum absolute atomic E-state index is 11.3. The molecule has 1 atom stereocenters. The zero-order valence-electron chi connectivity index (χ0n) is 27.3. The number of fused-ring (bicyclic) bond motifs is 1. The van der Waals surface area contributed by atoms with Gasteiger partial charge in [-0.15, -0.1) is 0 Å². The van der Waals surface area contributed by atoms with Crippen molar-refractivity contribution in [3.63, 3.8) is 0 Å². The molecular formula is C37H47NO7S. The van der Waals surface area contributed by atoms with Gasteiger partial charge in [0, 0.05) is 13.2 Å². The molecular weight excluding hydrogens is 602 g/mol. The molecule has 1 saturated heterocycles. The van der Waals surface area contributed by atoms with Crippen LogP contribution in [0.4, 0.5) is 0 Å². The monoisotopic (exact) mass is 649 g/mol. The highest BCUT2D eigenvalue weighted by molar-refractivity contribution is 7.85. The van der Waals surface area contributed by atoms with Crippen molar-refractivity contribution in [1.29, 1.82) is 0 Å². The van der Waals surface area contributed by atoms with Crippen LogP contribution in [0.15, 0.2) is 60.7 Å². The molecule has 0 amide bonds. The second-order valence-corrected chi connectivity index (χ2v) is 13.7. The first-order valence-electron chi connectivity index (χ1n) is 16.3. The first-order chi connectivity index (χ1) is 22.3. The van der Waals surface area contributed by atoms with E-state index in [9.17, 15) is 13.0 Å². The van der Waals surface area contributed by atoms with Crippen molar-refractivity contribution >= 4 is 21.3 Å². The predicted octanol–water partition coefficient (Wildman–Crippen LogP) is 7.16. The van der Waals surface area contributed by atoms with Gasteiger partial charge in [0.05, 0.1) is 20.0 Å². The molecule has 1 unspecified atom stereocenters. The highest BCUT2D eigenvalue weighted by Crippen LogP contribution is 2.47. The van der Waals surface area contributed by atoms with Crippen molar-refractivity contribution in [2.75, 3.05) is 52.8 Å². The Hall–Kier alpha value is -3.37. The second kappa shape index (κ2) is 16.0. The number of hydrogen-bond acceptors (Lipinski definition) is 7. The molecule has 1 heterocycles. The minimum Gasteiger partial charge on any atom is -0.497 e. The van der Waals surface area contributed by atoms with E-state index in [2.05, 4.69) is 42.2 Å². The smallest absolute Gasteiger partial charge is 0.264 e. The molecule has 0 radical (unpaired) electrons. The van der Waals surface area contributed by atoms with E-state index in [4.69, 9.17) is 18.9 Å². The van der Waals surface area contributed by atoms with Crippen molar-refractivity contribution in [1.82, 2.24) is 4.90 Å². The Morgan fingerprint density at radius 1 is 0.848 bits per heavy atom. The Labute approximate surface area is 274 Å². The number of piperidine rings is 1. The summed E-state index contributed by atoms with van der Waals surface area (Å²) < 4.78 is 56.0. The summed E-state index contributed by atoms with van der Waals surface area (Å²) in [7, 11) is -0.651. The number of nitrogens with zero attached hydrogens (tertiary/aromatic N) is 1. The van der Waals surface area contributed by atoms with Crippen LogP contribution in [0.5, 0.6) is 17.2 Å². The number of rotatable bonds is 15. The summed E-state index contributed by atoms with van der Waals surface area (Å²) in [5.74, 6) is 2.18. The number of allylic oxidation sites excluding steroid dienone is 1. The lowest BCUT2D eigenvalue weighted by atomic mass is 9.78. The number of methoxy groups -OCH3 is 2. The molecule has 5 rings (SSSR count). The summed E-state index contributed by atoms with van der Waals surface area (Å²) in [6.07, 6.45) is 5.87. The first kappa shape index (κ1) is 34.0. The van der Waals surface area contributed by atoms with Crippen LogP contribution in [-0.2, 0) is 21.3 Å². The predicted molar refractivity (Wildman–Crippen MR) is 182 cm³/mol. The van der Waals surface area contributed by atoms with E-state index in [0.29, 0.717) is 26.1 Å². The molecule has 8 nitrogen and oxygen atoms in total. The number of hydrogen-bond donors (Lipinski definition) is 1. The molecule has 1 N–H and O–H groups in total. The van der Waals surface area contributed by atoms with E-state index in [1.165, 1.54) is 30.4 Å². The van der Waals surface area contributed by atoms with Crippen LogP contribution in [0.3, 0.4) is 0 Å². The van der Waals surface area contributed by atoms with Gasteiger partial charge in [0.25, 0.3) is 10.1 Å². The van der Waals surface area contributed by atoms with Crippen molar-refractivity contribution in [3.05, 3.63) is 88.5 Å². The van der Waals surface area contributed by atoms with Gasteiger partial charge in [0.2, 0.25) is 0 Å². The van der Waals surface area contributed by atoms with Crippen LogP contribution in [0.2, 0.25) is 0 Å². The second-order valence-electron chi connectivity index (χ2n) is 12.1. The molecule has 9 heteroatoms. The van der Waals surface area contributed by atoms with E-state index < -0.39 is 16.2 Å². The summed E-state index contributed by atoms with van der Waals surface area (Å²) in [4.78, 5) is 2.47. The average molecular weight is 650 g/mol. The van der Waals surface area contributed by atoms with Gasteiger partial charge >= 0.3 is 0 Å². The molecule has 1 aliphatic carbocycles. The third-order valence-electron chi connectivity index (χ3n) is 9.05. The average Bonchev–Trinajstić information content (AvgIpc) is 3.06. The number of aryl methyl sites for hydroxylation is 1. The zero-order chi connectivity index (χ0) is 32.5. The Balaban J connectivity index is 1.50. The summed E-state index contributed by atoms with van der Waals surface area (Å²) in [6, 6.07) is 20.5. The molecule has 0 spiro atoms. The van der Waals surface area contributed by atoms with Gasteiger partial charge in [0.15, 0.2) is 0 Å². The minimum absolute atomic E-state index is 0.288. The quantitative estimate of drug-likeness (QED) is 0.137. The van der Waals surface area contributed by atoms with Crippen molar-refractivity contribution in [2.45, 2.75) is 58.0 Å². The van der Waals surface area contributed by atoms with Gasteiger partial charge < -0.3 is 18.9 Å². The van der Waals surface area contributed by atoms with Gasteiger partial charge in [-0.1, -0.05) is 36.8 Å². The lowest BCUT2D eigenvalue weighted by molar-refractivity contribution is 0.0894. The summed E-state index contributed by atoms with van der Waals surface area (Å²) >= 11 is 0. The van der Waals surface area contributed by atoms with Crippen LogP contribution < -0.4 is 14.2 Å². The molecule has 0 saturated carbocycles. The van der Waals surface area contributed by atoms with Gasteiger partial charge in [-0.3, -0.25) is 9.45 Å². The van der Waals surface area contributed by atoms with E-state index in [0.717, 1.165) is 77.6 Å². The number of likely N-dealkylation sites (tertiary alicyclic amines) is 1. The summed E-state index contributed by atoms with van der Waals surface area (Å²) in [5, 5.41) is 0. The molecule has 2 aliphatic rings. The molecule has 0 aromatic heterocycles. The van der Waals surface area contributed by atoms with Crippen molar-refractivity contribution < 1.29 is 31.9 Å². The van der Waals surface area contributed by atoms with Crippen LogP contribution in [0.1, 0.15) is 72.4 Å². The first-order valence-corrected chi connectivity index (χ1v) is 17.9. The summed E-state index contributed by atoms with van der Waals surface area (Å²) in [6.45, 7) is 6.27. The van der Waals surface area contributed by atoms with E-state index >= 15 is 0 Å². The lowest BCUT2D eigenvalue weighted by Crippen LogP contribution is -2.33. The Morgan fingerprint density at radius 3 is 2.33 bits per heavy atom. The van der Waals surface area contributed by atoms with Crippen LogP contribution in [-0.4, -0.2) is 70.7 Å². The topological polar surface area (TPSA) is 94.5 Å². The summed E-state index contributed by atoms with van der Waals surface area (Å²) in [5.41, 5.74) is 7.74. The maximum atomic E-state index is 11.3. The molecule has 1 fully saturated rings. The Morgan fingerprint density at radius 2 is 1.61 bits per heavy atom. The molecule has 0 bridgehead atoms. The van der Waals surface area contributed by atoms with Crippen LogP contribution in [0.25, 0.3) is 11.1 Å². The Bertz CT molecular complexity index is 1590. The van der Waals surface area contributed by atoms with Gasteiger partial charge in [-0.25, -0.2) is 0 Å². The van der Waals surface area contributed by atoms with E-state index in [1.54, 1.807) is 14.2 Å². The molecule has 248 valence electrons. The molecule has 3 aromatic rings. The fourth-order valence-electron chi connectivity index (χ4n) is 6.61. The lowest BCUT2D eigenvalue weighted by Gasteiger charge is -2.31. The SMILES string of the molecule is COc1ccc2c(c1)CCC(c1cccc(OC)c1C)=C2C(OCCCCS(=O)(=O)O)c1ccc(OCCN2CCCCC2)cc1. The molecule has 3 aromatic carbocycles. The van der Waals surface area contributed by atoms with E-state index in [1.807, 2.05) is 30.3 Å². The normalized spacial score (nSPS) is 16.2. The van der Waals surface area contributed by atoms with Crippen molar-refractivity contribution in [2.24, 2.45) is 0 Å². The molecule has 1 aliphatic heterocycles. The van der Waals surface area contributed by atoms with Gasteiger partial charge in [-0.05, 0) is 128 Å². The number of ether oxygens (including phenoxy) is 4. The number of unbranched alkanes of at least 4 members (excludes halogenated alkanes) is 1. The fraction of sp³-hybridized carbons (Fsp3) is 0.459. The Kier molecular flexibility index (Phi) is 11.8. The van der Waals surface area contributed by atoms with Gasteiger partial charge in [-0.2, -0.15) is 8.42 Å². The third kappa shape index (κ3) is 8.70. The minimum atomic E-state index is -4.03. The van der Waals surface area contributed by atoms with Gasteiger partial charge in [0.1, 0.15) is 30.0 Å². The highest BCUT2D eigenvalue weighted by Gasteiger charge is 2.30. The zero-order valence-corrected chi connectivity index (χ0v) is 28.1. The maximum Gasteiger partial charge on any atom is 0.264 e. The number of benzene rings is 3. The fourth-order valence-corrected chi connectivity index (χ4v) is 7.18. The largest absolute Gasteiger partial charge is 0.497 e. The van der Waals surface area contributed by atoms with E-state index in [-0.39, 0.29) is 5.75 Å². The van der Waals surface area contributed by atoms with Crippen molar-refractivity contribution in [3.8, 4) is 17.2 Å². The molecule has 46 heavy (non-hydrogen) atoms.